The number of benzene rings is 1. The molecule has 0 heterocycles. The fourth-order valence-electron chi connectivity index (χ4n) is 1.83. The Bertz CT molecular complexity index is 429. The molecule has 1 aromatic rings. The minimum Gasteiger partial charge on any atom is -0.356 e. The van der Waals surface area contributed by atoms with Crippen LogP contribution in [0.15, 0.2) is 30.3 Å². The van der Waals surface area contributed by atoms with Gasteiger partial charge < -0.3 is 10.6 Å². The van der Waals surface area contributed by atoms with Crippen molar-refractivity contribution in [3.8, 4) is 0 Å². The third-order valence-electron chi connectivity index (χ3n) is 3.04. The van der Waals surface area contributed by atoms with Crippen LogP contribution in [-0.4, -0.2) is 18.4 Å². The Morgan fingerprint density at radius 2 is 1.70 bits per heavy atom. The van der Waals surface area contributed by atoms with E-state index in [1.165, 1.54) is 0 Å². The molecule has 2 N–H and O–H groups in total. The standard InChI is InChI=1S/C16H24N2O2/c1-12(2)9-10-17-15(19)11-16(20)18-13(3)14-7-5-4-6-8-14/h4-8,12-13H,9-11H2,1-3H3,(H,17,19)(H,18,20). The summed E-state index contributed by atoms with van der Waals surface area (Å²) >= 11 is 0. The molecule has 1 unspecified atom stereocenters. The molecule has 4 nitrogen and oxygen atoms in total. The predicted molar refractivity (Wildman–Crippen MR) is 80.1 cm³/mol. The molecular formula is C16H24N2O2. The Morgan fingerprint density at radius 1 is 1.05 bits per heavy atom. The lowest BCUT2D eigenvalue weighted by Gasteiger charge is -2.14. The smallest absolute Gasteiger partial charge is 0.229 e. The molecule has 0 bridgehead atoms. The van der Waals surface area contributed by atoms with Crippen molar-refractivity contribution in [2.24, 2.45) is 5.92 Å². The molecule has 0 saturated carbocycles. The molecule has 110 valence electrons. The van der Waals surface area contributed by atoms with Gasteiger partial charge in [-0.25, -0.2) is 0 Å². The summed E-state index contributed by atoms with van der Waals surface area (Å²) < 4.78 is 0. The summed E-state index contributed by atoms with van der Waals surface area (Å²) in [5.41, 5.74) is 1.03. The van der Waals surface area contributed by atoms with Gasteiger partial charge >= 0.3 is 0 Å². The summed E-state index contributed by atoms with van der Waals surface area (Å²) in [7, 11) is 0. The second-order valence-electron chi connectivity index (χ2n) is 5.41. The van der Waals surface area contributed by atoms with E-state index in [1.807, 2.05) is 37.3 Å². The van der Waals surface area contributed by atoms with E-state index in [0.717, 1.165) is 12.0 Å². The van der Waals surface area contributed by atoms with Crippen LogP contribution in [-0.2, 0) is 9.59 Å². The predicted octanol–water partition coefficient (Wildman–Crippen LogP) is 2.42. The highest BCUT2D eigenvalue weighted by molar-refractivity contribution is 5.96. The van der Waals surface area contributed by atoms with Crippen molar-refractivity contribution in [2.45, 2.75) is 39.7 Å². The van der Waals surface area contributed by atoms with Gasteiger partial charge in [0.15, 0.2) is 0 Å². The molecule has 0 aliphatic rings. The van der Waals surface area contributed by atoms with Gasteiger partial charge in [-0.2, -0.15) is 0 Å². The number of nitrogens with one attached hydrogen (secondary N) is 2. The third-order valence-corrected chi connectivity index (χ3v) is 3.04. The summed E-state index contributed by atoms with van der Waals surface area (Å²) in [4.78, 5) is 23.3. The van der Waals surface area contributed by atoms with Crippen LogP contribution >= 0.6 is 0 Å². The summed E-state index contributed by atoms with van der Waals surface area (Å²) in [5.74, 6) is 0.0778. The Labute approximate surface area is 121 Å². The topological polar surface area (TPSA) is 58.2 Å². The molecule has 0 aliphatic carbocycles. The number of hydrogen-bond acceptors (Lipinski definition) is 2. The molecule has 0 aromatic heterocycles. The second kappa shape index (κ2) is 8.35. The first-order valence-corrected chi connectivity index (χ1v) is 7.10. The molecule has 0 fully saturated rings. The molecule has 1 aromatic carbocycles. The van der Waals surface area contributed by atoms with Gasteiger partial charge in [0.2, 0.25) is 11.8 Å². The van der Waals surface area contributed by atoms with Crippen molar-refractivity contribution < 1.29 is 9.59 Å². The van der Waals surface area contributed by atoms with E-state index in [2.05, 4.69) is 24.5 Å². The quantitative estimate of drug-likeness (QED) is 0.751. The van der Waals surface area contributed by atoms with E-state index < -0.39 is 0 Å². The Hall–Kier alpha value is -1.84. The third kappa shape index (κ3) is 6.36. The average molecular weight is 276 g/mol. The fourth-order valence-corrected chi connectivity index (χ4v) is 1.83. The zero-order valence-electron chi connectivity index (χ0n) is 12.5. The van der Waals surface area contributed by atoms with Crippen molar-refractivity contribution >= 4 is 11.8 Å². The van der Waals surface area contributed by atoms with E-state index in [0.29, 0.717) is 12.5 Å². The van der Waals surface area contributed by atoms with Crippen LogP contribution in [0.1, 0.15) is 45.2 Å². The van der Waals surface area contributed by atoms with E-state index in [9.17, 15) is 9.59 Å². The molecule has 0 saturated heterocycles. The minimum absolute atomic E-state index is 0.0906. The van der Waals surface area contributed by atoms with Crippen LogP contribution in [0, 0.1) is 5.92 Å². The summed E-state index contributed by atoms with van der Waals surface area (Å²) in [6.07, 6.45) is 0.809. The number of carbonyl (C=O) groups is 2. The Morgan fingerprint density at radius 3 is 2.30 bits per heavy atom. The van der Waals surface area contributed by atoms with Crippen molar-refractivity contribution in [2.75, 3.05) is 6.54 Å². The van der Waals surface area contributed by atoms with Gasteiger partial charge in [0, 0.05) is 6.54 Å². The minimum atomic E-state index is -0.247. The van der Waals surface area contributed by atoms with Crippen molar-refractivity contribution in [3.05, 3.63) is 35.9 Å². The SMILES string of the molecule is CC(C)CCNC(=O)CC(=O)NC(C)c1ccccc1. The molecule has 0 aliphatic heterocycles. The van der Waals surface area contributed by atoms with Gasteiger partial charge in [-0.15, -0.1) is 0 Å². The van der Waals surface area contributed by atoms with E-state index >= 15 is 0 Å². The maximum Gasteiger partial charge on any atom is 0.229 e. The van der Waals surface area contributed by atoms with Gasteiger partial charge in [0.1, 0.15) is 6.42 Å². The van der Waals surface area contributed by atoms with Crippen molar-refractivity contribution in [3.63, 3.8) is 0 Å². The van der Waals surface area contributed by atoms with Gasteiger partial charge in [-0.3, -0.25) is 9.59 Å². The van der Waals surface area contributed by atoms with E-state index in [-0.39, 0.29) is 24.3 Å². The summed E-state index contributed by atoms with van der Waals surface area (Å²) in [6.45, 7) is 6.72. The lowest BCUT2D eigenvalue weighted by molar-refractivity contribution is -0.129. The Balaban J connectivity index is 2.31. The average Bonchev–Trinajstić information content (AvgIpc) is 2.38. The Kier molecular flexibility index (Phi) is 6.77. The number of amides is 2. The summed E-state index contributed by atoms with van der Waals surface area (Å²) in [6, 6.07) is 9.60. The first-order valence-electron chi connectivity index (χ1n) is 7.10. The van der Waals surface area contributed by atoms with Crippen LogP contribution < -0.4 is 10.6 Å². The lowest BCUT2D eigenvalue weighted by Crippen LogP contribution is -2.33. The molecule has 4 heteroatoms. The molecule has 2 amide bonds. The molecule has 0 radical (unpaired) electrons. The van der Waals surface area contributed by atoms with Crippen molar-refractivity contribution in [1.82, 2.24) is 10.6 Å². The van der Waals surface area contributed by atoms with Gasteiger partial charge in [-0.1, -0.05) is 44.2 Å². The fraction of sp³-hybridized carbons (Fsp3) is 0.500. The zero-order valence-corrected chi connectivity index (χ0v) is 12.5. The van der Waals surface area contributed by atoms with Crippen LogP contribution in [0.4, 0.5) is 0 Å². The molecule has 1 rings (SSSR count). The van der Waals surface area contributed by atoms with E-state index in [4.69, 9.17) is 0 Å². The molecular weight excluding hydrogens is 252 g/mol. The molecule has 1 atom stereocenters. The summed E-state index contributed by atoms with van der Waals surface area (Å²) in [5, 5.41) is 5.58. The van der Waals surface area contributed by atoms with E-state index in [1.54, 1.807) is 0 Å². The first kappa shape index (κ1) is 16.2. The monoisotopic (exact) mass is 276 g/mol. The first-order chi connectivity index (χ1) is 9.49. The van der Waals surface area contributed by atoms with Gasteiger partial charge in [-0.05, 0) is 24.8 Å². The van der Waals surface area contributed by atoms with Crippen LogP contribution in [0.25, 0.3) is 0 Å². The van der Waals surface area contributed by atoms with Gasteiger partial charge in [0.05, 0.1) is 6.04 Å². The highest BCUT2D eigenvalue weighted by Crippen LogP contribution is 2.10. The molecule has 20 heavy (non-hydrogen) atoms. The highest BCUT2D eigenvalue weighted by atomic mass is 16.2. The maximum atomic E-state index is 11.8. The normalized spacial score (nSPS) is 12.0. The number of rotatable bonds is 7. The van der Waals surface area contributed by atoms with Gasteiger partial charge in [0.25, 0.3) is 0 Å². The molecule has 0 spiro atoms. The largest absolute Gasteiger partial charge is 0.356 e. The maximum absolute atomic E-state index is 11.8. The van der Waals surface area contributed by atoms with Crippen LogP contribution in [0.3, 0.4) is 0 Å². The highest BCUT2D eigenvalue weighted by Gasteiger charge is 2.12. The zero-order chi connectivity index (χ0) is 15.0. The second-order valence-corrected chi connectivity index (χ2v) is 5.41. The lowest BCUT2D eigenvalue weighted by atomic mass is 10.1. The van der Waals surface area contributed by atoms with Crippen LogP contribution in [0.5, 0.6) is 0 Å². The van der Waals surface area contributed by atoms with Crippen molar-refractivity contribution in [1.29, 1.82) is 0 Å². The number of hydrogen-bond donors (Lipinski definition) is 2. The van der Waals surface area contributed by atoms with Crippen LogP contribution in [0.2, 0.25) is 0 Å². The number of carbonyl (C=O) groups excluding carboxylic acids is 2.